The first-order valence-corrected chi connectivity index (χ1v) is 8.05. The maximum atomic E-state index is 6.38. The van der Waals surface area contributed by atoms with E-state index in [4.69, 9.17) is 23.2 Å². The Kier molecular flexibility index (Phi) is 7.82. The van der Waals surface area contributed by atoms with Crippen LogP contribution in [0.25, 0.3) is 0 Å². The quantitative estimate of drug-likeness (QED) is 0.624. The van der Waals surface area contributed by atoms with Crippen LogP contribution < -0.4 is 5.32 Å². The maximum Gasteiger partial charge on any atom is 0.0456 e. The maximum absolute atomic E-state index is 6.38. The van der Waals surface area contributed by atoms with Crippen LogP contribution in [0.15, 0.2) is 18.2 Å². The van der Waals surface area contributed by atoms with Gasteiger partial charge in [0, 0.05) is 22.5 Å². The molecule has 1 N–H and O–H groups in total. The van der Waals surface area contributed by atoms with E-state index in [0.717, 1.165) is 24.5 Å². The molecule has 1 atom stereocenters. The van der Waals surface area contributed by atoms with Gasteiger partial charge in [-0.05, 0) is 36.6 Å². The average molecular weight is 302 g/mol. The van der Waals surface area contributed by atoms with E-state index in [9.17, 15) is 0 Å². The van der Waals surface area contributed by atoms with Crippen LogP contribution in [0.4, 0.5) is 0 Å². The molecule has 0 aliphatic carbocycles. The Morgan fingerprint density at radius 1 is 1.11 bits per heavy atom. The second-order valence-corrected chi connectivity index (χ2v) is 5.90. The summed E-state index contributed by atoms with van der Waals surface area (Å²) in [5, 5.41) is 5.03. The topological polar surface area (TPSA) is 12.0 Å². The van der Waals surface area contributed by atoms with E-state index in [-0.39, 0.29) is 0 Å². The number of nitrogens with one attached hydrogen (secondary N) is 1. The molecule has 0 spiro atoms. The smallest absolute Gasteiger partial charge is 0.0456 e. The normalized spacial score (nSPS) is 12.9. The standard InChI is InChI=1S/C16H25Cl2N/c1-4-9-19-11-15(12(5-2)6-3)14-8-7-13(17)10-16(14)18/h7-8,10,12,15,19H,4-6,9,11H2,1-3H3. The molecule has 0 aliphatic heterocycles. The van der Waals surface area contributed by atoms with E-state index in [2.05, 4.69) is 32.2 Å². The summed E-state index contributed by atoms with van der Waals surface area (Å²) in [5.74, 6) is 1.12. The van der Waals surface area contributed by atoms with Crippen molar-refractivity contribution in [2.75, 3.05) is 13.1 Å². The molecule has 0 amide bonds. The van der Waals surface area contributed by atoms with Gasteiger partial charge >= 0.3 is 0 Å². The first-order valence-electron chi connectivity index (χ1n) is 7.29. The second-order valence-electron chi connectivity index (χ2n) is 5.05. The van der Waals surface area contributed by atoms with Gasteiger partial charge in [0.05, 0.1) is 0 Å². The molecule has 0 fully saturated rings. The molecule has 0 saturated carbocycles. The van der Waals surface area contributed by atoms with Gasteiger partial charge in [-0.2, -0.15) is 0 Å². The lowest BCUT2D eigenvalue weighted by Gasteiger charge is -2.27. The summed E-state index contributed by atoms with van der Waals surface area (Å²) in [6.45, 7) is 8.74. The SMILES string of the molecule is CCCNCC(c1ccc(Cl)cc1Cl)C(CC)CC. The van der Waals surface area contributed by atoms with Crippen LogP contribution in [-0.2, 0) is 0 Å². The first-order chi connectivity index (χ1) is 9.13. The minimum absolute atomic E-state index is 0.464. The summed E-state index contributed by atoms with van der Waals surface area (Å²) in [7, 11) is 0. The number of hydrogen-bond acceptors (Lipinski definition) is 1. The summed E-state index contributed by atoms with van der Waals surface area (Å²) in [6, 6.07) is 5.88. The highest BCUT2D eigenvalue weighted by molar-refractivity contribution is 6.35. The fourth-order valence-corrected chi connectivity index (χ4v) is 3.17. The van der Waals surface area contributed by atoms with Gasteiger partial charge in [0.2, 0.25) is 0 Å². The summed E-state index contributed by atoms with van der Waals surface area (Å²) >= 11 is 12.4. The predicted molar refractivity (Wildman–Crippen MR) is 86.4 cm³/mol. The van der Waals surface area contributed by atoms with Crippen molar-refractivity contribution in [1.29, 1.82) is 0 Å². The van der Waals surface area contributed by atoms with E-state index >= 15 is 0 Å². The van der Waals surface area contributed by atoms with Crippen LogP contribution in [0.2, 0.25) is 10.0 Å². The molecule has 0 bridgehead atoms. The van der Waals surface area contributed by atoms with Crippen LogP contribution in [0.3, 0.4) is 0 Å². The molecular formula is C16H25Cl2N. The molecule has 0 heterocycles. The fourth-order valence-electron chi connectivity index (χ4n) is 2.62. The zero-order chi connectivity index (χ0) is 14.3. The summed E-state index contributed by atoms with van der Waals surface area (Å²) < 4.78 is 0. The van der Waals surface area contributed by atoms with Crippen molar-refractivity contribution in [2.45, 2.75) is 46.0 Å². The lowest BCUT2D eigenvalue weighted by molar-refractivity contribution is 0.380. The Morgan fingerprint density at radius 3 is 2.32 bits per heavy atom. The Hall–Kier alpha value is -0.240. The molecular weight excluding hydrogens is 277 g/mol. The zero-order valence-corrected chi connectivity index (χ0v) is 13.7. The van der Waals surface area contributed by atoms with Gasteiger partial charge in [0.25, 0.3) is 0 Å². The van der Waals surface area contributed by atoms with Crippen LogP contribution in [0.5, 0.6) is 0 Å². The predicted octanol–water partition coefficient (Wildman–Crippen LogP) is 5.51. The van der Waals surface area contributed by atoms with Crippen molar-refractivity contribution in [3.63, 3.8) is 0 Å². The average Bonchev–Trinajstić information content (AvgIpc) is 2.39. The summed E-state index contributed by atoms with van der Waals surface area (Å²) in [4.78, 5) is 0. The van der Waals surface area contributed by atoms with Crippen molar-refractivity contribution < 1.29 is 0 Å². The van der Waals surface area contributed by atoms with Gasteiger partial charge < -0.3 is 5.32 Å². The zero-order valence-electron chi connectivity index (χ0n) is 12.2. The molecule has 19 heavy (non-hydrogen) atoms. The number of benzene rings is 1. The molecule has 3 heteroatoms. The highest BCUT2D eigenvalue weighted by Crippen LogP contribution is 2.34. The van der Waals surface area contributed by atoms with E-state index in [1.807, 2.05) is 12.1 Å². The van der Waals surface area contributed by atoms with E-state index in [0.29, 0.717) is 16.9 Å². The summed E-state index contributed by atoms with van der Waals surface area (Å²) in [5.41, 5.74) is 1.23. The Labute approximate surface area is 127 Å². The van der Waals surface area contributed by atoms with Crippen molar-refractivity contribution in [1.82, 2.24) is 5.32 Å². The Bertz CT molecular complexity index is 375. The lowest BCUT2D eigenvalue weighted by atomic mass is 9.82. The number of rotatable bonds is 8. The highest BCUT2D eigenvalue weighted by atomic mass is 35.5. The minimum Gasteiger partial charge on any atom is -0.316 e. The minimum atomic E-state index is 0.464. The molecule has 0 aromatic heterocycles. The largest absolute Gasteiger partial charge is 0.316 e. The highest BCUT2D eigenvalue weighted by Gasteiger charge is 2.22. The third kappa shape index (κ3) is 4.98. The van der Waals surface area contributed by atoms with Crippen molar-refractivity contribution in [2.24, 2.45) is 5.92 Å². The fraction of sp³-hybridized carbons (Fsp3) is 0.625. The van der Waals surface area contributed by atoms with Gasteiger partial charge in [-0.3, -0.25) is 0 Å². The molecule has 0 radical (unpaired) electrons. The van der Waals surface area contributed by atoms with Crippen LogP contribution in [-0.4, -0.2) is 13.1 Å². The van der Waals surface area contributed by atoms with Gasteiger partial charge in [0.1, 0.15) is 0 Å². The van der Waals surface area contributed by atoms with E-state index < -0.39 is 0 Å². The monoisotopic (exact) mass is 301 g/mol. The molecule has 108 valence electrons. The third-order valence-electron chi connectivity index (χ3n) is 3.77. The molecule has 1 rings (SSSR count). The van der Waals surface area contributed by atoms with Gasteiger partial charge in [0.15, 0.2) is 0 Å². The molecule has 1 aromatic carbocycles. The molecule has 1 unspecified atom stereocenters. The molecule has 1 aromatic rings. The van der Waals surface area contributed by atoms with Gasteiger partial charge in [-0.1, -0.05) is 62.9 Å². The van der Waals surface area contributed by atoms with E-state index in [1.54, 1.807) is 0 Å². The third-order valence-corrected chi connectivity index (χ3v) is 4.33. The molecule has 1 nitrogen and oxygen atoms in total. The first kappa shape index (κ1) is 16.8. The number of halogens is 2. The van der Waals surface area contributed by atoms with E-state index in [1.165, 1.54) is 18.4 Å². The van der Waals surface area contributed by atoms with Crippen LogP contribution in [0, 0.1) is 5.92 Å². The molecule has 0 aliphatic rings. The van der Waals surface area contributed by atoms with Crippen molar-refractivity contribution in [3.8, 4) is 0 Å². The van der Waals surface area contributed by atoms with Crippen molar-refractivity contribution >= 4 is 23.2 Å². The number of hydrogen-bond donors (Lipinski definition) is 1. The Balaban J connectivity index is 2.93. The molecule has 0 saturated heterocycles. The second kappa shape index (κ2) is 8.84. The lowest BCUT2D eigenvalue weighted by Crippen LogP contribution is -2.27. The van der Waals surface area contributed by atoms with Crippen LogP contribution in [0.1, 0.15) is 51.5 Å². The van der Waals surface area contributed by atoms with Crippen molar-refractivity contribution in [3.05, 3.63) is 33.8 Å². The van der Waals surface area contributed by atoms with Crippen LogP contribution >= 0.6 is 23.2 Å². The summed E-state index contributed by atoms with van der Waals surface area (Å²) in [6.07, 6.45) is 3.51. The van der Waals surface area contributed by atoms with Gasteiger partial charge in [-0.25, -0.2) is 0 Å². The van der Waals surface area contributed by atoms with Gasteiger partial charge in [-0.15, -0.1) is 0 Å². The Morgan fingerprint density at radius 2 is 1.79 bits per heavy atom.